The first kappa shape index (κ1) is 18.2. The van der Waals surface area contributed by atoms with Crippen LogP contribution in [0.1, 0.15) is 11.1 Å². The summed E-state index contributed by atoms with van der Waals surface area (Å²) in [7, 11) is 0. The van der Waals surface area contributed by atoms with Gasteiger partial charge in [-0.05, 0) is 23.8 Å². The number of hydrogen-bond acceptors (Lipinski definition) is 3. The van der Waals surface area contributed by atoms with Crippen molar-refractivity contribution in [2.45, 2.75) is 6.18 Å². The maximum Gasteiger partial charge on any atom is 0.416 e. The summed E-state index contributed by atoms with van der Waals surface area (Å²) in [5.41, 5.74) is 9.43. The lowest BCUT2D eigenvalue weighted by Crippen LogP contribution is -2.42. The smallest absolute Gasteiger partial charge is 0.368 e. The van der Waals surface area contributed by atoms with Crippen LogP contribution in [0.3, 0.4) is 0 Å². The van der Waals surface area contributed by atoms with E-state index in [2.05, 4.69) is 0 Å². The van der Waals surface area contributed by atoms with Gasteiger partial charge < -0.3 is 16.4 Å². The van der Waals surface area contributed by atoms with Crippen LogP contribution in [0, 0.1) is 0 Å². The molecule has 0 spiro atoms. The van der Waals surface area contributed by atoms with Crippen LogP contribution in [0.2, 0.25) is 0 Å². The van der Waals surface area contributed by atoms with Crippen molar-refractivity contribution in [3.63, 3.8) is 0 Å². The number of benzene rings is 1. The maximum atomic E-state index is 12.4. The second kappa shape index (κ2) is 7.43. The van der Waals surface area contributed by atoms with E-state index in [1.54, 1.807) is 0 Å². The zero-order valence-electron chi connectivity index (χ0n) is 11.8. The van der Waals surface area contributed by atoms with Crippen LogP contribution >= 0.6 is 0 Å². The molecule has 0 aliphatic heterocycles. The molecule has 0 unspecified atom stereocenters. The highest BCUT2D eigenvalue weighted by atomic mass is 19.4. The molecule has 124 valence electrons. The summed E-state index contributed by atoms with van der Waals surface area (Å²) in [6.07, 6.45) is -2.19. The summed E-state index contributed by atoms with van der Waals surface area (Å²) in [4.78, 5) is 34.4. The number of halogens is 3. The number of primary amides is 2. The number of amides is 3. The third-order valence-corrected chi connectivity index (χ3v) is 2.66. The Balaban J connectivity index is 2.82. The standard InChI is InChI=1S/C14H14F3N3O3/c15-14(16,17)10-4-1-9(2-5-10)3-6-13(23)20(7-11(18)21)8-12(19)22/h1-6H,7-8H2,(H2,18,21)(H2,19,22)/b6-3+. The van der Waals surface area contributed by atoms with Gasteiger partial charge in [-0.25, -0.2) is 0 Å². The molecule has 1 aromatic carbocycles. The average Bonchev–Trinajstić information content (AvgIpc) is 2.42. The number of carbonyl (C=O) groups is 3. The van der Waals surface area contributed by atoms with Gasteiger partial charge in [0.2, 0.25) is 17.7 Å². The van der Waals surface area contributed by atoms with E-state index >= 15 is 0 Å². The highest BCUT2D eigenvalue weighted by Crippen LogP contribution is 2.29. The Labute approximate surface area is 129 Å². The largest absolute Gasteiger partial charge is 0.416 e. The van der Waals surface area contributed by atoms with Crippen molar-refractivity contribution in [1.29, 1.82) is 0 Å². The van der Waals surface area contributed by atoms with Gasteiger partial charge in [-0.3, -0.25) is 14.4 Å². The number of nitrogens with two attached hydrogens (primary N) is 2. The second-order valence-corrected chi connectivity index (χ2v) is 4.58. The summed E-state index contributed by atoms with van der Waals surface area (Å²) < 4.78 is 37.2. The Morgan fingerprint density at radius 3 is 1.87 bits per heavy atom. The fraction of sp³-hybridized carbons (Fsp3) is 0.214. The minimum atomic E-state index is -4.45. The lowest BCUT2D eigenvalue weighted by atomic mass is 10.1. The van der Waals surface area contributed by atoms with Gasteiger partial charge in [0.25, 0.3) is 0 Å². The Kier molecular flexibility index (Phi) is 5.88. The molecule has 1 rings (SSSR count). The van der Waals surface area contributed by atoms with Gasteiger partial charge in [0.15, 0.2) is 0 Å². The van der Waals surface area contributed by atoms with E-state index < -0.39 is 42.6 Å². The van der Waals surface area contributed by atoms with Gasteiger partial charge in [0.1, 0.15) is 13.1 Å². The van der Waals surface area contributed by atoms with Crippen LogP contribution in [-0.2, 0) is 20.6 Å². The van der Waals surface area contributed by atoms with Crippen molar-refractivity contribution in [2.24, 2.45) is 11.5 Å². The van der Waals surface area contributed by atoms with Crippen molar-refractivity contribution in [1.82, 2.24) is 4.90 Å². The van der Waals surface area contributed by atoms with E-state index in [9.17, 15) is 27.6 Å². The Hall–Kier alpha value is -2.84. The van der Waals surface area contributed by atoms with Crippen molar-refractivity contribution < 1.29 is 27.6 Å². The van der Waals surface area contributed by atoms with Gasteiger partial charge >= 0.3 is 6.18 Å². The molecule has 0 heterocycles. The fourth-order valence-corrected chi connectivity index (χ4v) is 1.64. The maximum absolute atomic E-state index is 12.4. The van der Waals surface area contributed by atoms with Gasteiger partial charge in [-0.1, -0.05) is 12.1 Å². The summed E-state index contributed by atoms with van der Waals surface area (Å²) in [6, 6.07) is 4.10. The molecule has 0 aliphatic rings. The Morgan fingerprint density at radius 2 is 1.48 bits per heavy atom. The number of hydrogen-bond donors (Lipinski definition) is 2. The molecule has 0 saturated carbocycles. The summed E-state index contributed by atoms with van der Waals surface area (Å²) >= 11 is 0. The zero-order chi connectivity index (χ0) is 17.6. The van der Waals surface area contributed by atoms with Gasteiger partial charge in [0, 0.05) is 6.08 Å². The van der Waals surface area contributed by atoms with E-state index in [0.29, 0.717) is 5.56 Å². The topological polar surface area (TPSA) is 106 Å². The molecule has 3 amide bonds. The minimum absolute atomic E-state index is 0.337. The molecule has 0 aromatic heterocycles. The van der Waals surface area contributed by atoms with Crippen molar-refractivity contribution in [3.05, 3.63) is 41.5 Å². The lowest BCUT2D eigenvalue weighted by Gasteiger charge is -2.17. The molecule has 6 nitrogen and oxygen atoms in total. The van der Waals surface area contributed by atoms with E-state index in [-0.39, 0.29) is 0 Å². The SMILES string of the molecule is NC(=O)CN(CC(N)=O)C(=O)/C=C/c1ccc(C(F)(F)F)cc1. The van der Waals surface area contributed by atoms with E-state index in [1.807, 2.05) is 0 Å². The van der Waals surface area contributed by atoms with E-state index in [1.165, 1.54) is 18.2 Å². The first-order valence-corrected chi connectivity index (χ1v) is 6.30. The molecule has 0 radical (unpaired) electrons. The van der Waals surface area contributed by atoms with Crippen LogP contribution in [0.4, 0.5) is 13.2 Å². The van der Waals surface area contributed by atoms with Crippen LogP contribution < -0.4 is 11.5 Å². The second-order valence-electron chi connectivity index (χ2n) is 4.58. The third-order valence-electron chi connectivity index (χ3n) is 2.66. The normalized spacial score (nSPS) is 11.4. The number of alkyl halides is 3. The summed E-state index contributed by atoms with van der Waals surface area (Å²) in [5.74, 6) is -2.38. The molecular formula is C14H14F3N3O3. The van der Waals surface area contributed by atoms with Crippen molar-refractivity contribution in [2.75, 3.05) is 13.1 Å². The van der Waals surface area contributed by atoms with Gasteiger partial charge in [-0.15, -0.1) is 0 Å². The first-order chi connectivity index (χ1) is 10.6. The molecule has 23 heavy (non-hydrogen) atoms. The van der Waals surface area contributed by atoms with Crippen LogP contribution in [0.5, 0.6) is 0 Å². The zero-order valence-corrected chi connectivity index (χ0v) is 11.8. The highest BCUT2D eigenvalue weighted by Gasteiger charge is 2.29. The van der Waals surface area contributed by atoms with E-state index in [0.717, 1.165) is 23.1 Å². The Morgan fingerprint density at radius 1 is 1.00 bits per heavy atom. The minimum Gasteiger partial charge on any atom is -0.368 e. The molecule has 9 heteroatoms. The predicted molar refractivity (Wildman–Crippen MR) is 75.4 cm³/mol. The fourth-order valence-electron chi connectivity index (χ4n) is 1.64. The molecule has 0 fully saturated rings. The molecule has 0 atom stereocenters. The molecule has 1 aromatic rings. The molecule has 4 N–H and O–H groups in total. The number of carbonyl (C=O) groups excluding carboxylic acids is 3. The molecule has 0 saturated heterocycles. The van der Waals surface area contributed by atoms with Crippen molar-refractivity contribution in [3.8, 4) is 0 Å². The predicted octanol–water partition coefficient (Wildman–Crippen LogP) is 0.518. The lowest BCUT2D eigenvalue weighted by molar-refractivity contribution is -0.137. The van der Waals surface area contributed by atoms with E-state index in [4.69, 9.17) is 11.5 Å². The average molecular weight is 329 g/mol. The monoisotopic (exact) mass is 329 g/mol. The third kappa shape index (κ3) is 6.20. The van der Waals surface area contributed by atoms with Gasteiger partial charge in [-0.2, -0.15) is 13.2 Å². The quantitative estimate of drug-likeness (QED) is 0.743. The van der Waals surface area contributed by atoms with Crippen LogP contribution in [0.15, 0.2) is 30.3 Å². The number of rotatable bonds is 6. The van der Waals surface area contributed by atoms with Gasteiger partial charge in [0.05, 0.1) is 5.56 Å². The summed E-state index contributed by atoms with van der Waals surface area (Å²) in [5, 5.41) is 0. The molecule has 0 aliphatic carbocycles. The molecule has 0 bridgehead atoms. The van der Waals surface area contributed by atoms with Crippen molar-refractivity contribution >= 4 is 23.8 Å². The van der Waals surface area contributed by atoms with Crippen LogP contribution in [0.25, 0.3) is 6.08 Å². The van der Waals surface area contributed by atoms with Crippen LogP contribution in [-0.4, -0.2) is 35.7 Å². The molecular weight excluding hydrogens is 315 g/mol. The highest BCUT2D eigenvalue weighted by molar-refractivity contribution is 5.96. The number of nitrogens with zero attached hydrogens (tertiary/aromatic N) is 1. The first-order valence-electron chi connectivity index (χ1n) is 6.30. The Bertz CT molecular complexity index is 608. The summed E-state index contributed by atoms with van der Waals surface area (Å²) in [6.45, 7) is -1.00.